The fourth-order valence-corrected chi connectivity index (χ4v) is 2.09. The molecule has 0 amide bonds. The van der Waals surface area contributed by atoms with Gasteiger partial charge in [0.05, 0.1) is 39.6 Å². The van der Waals surface area contributed by atoms with E-state index < -0.39 is 0 Å². The van der Waals surface area contributed by atoms with Gasteiger partial charge in [-0.3, -0.25) is 0 Å². The van der Waals surface area contributed by atoms with Crippen molar-refractivity contribution in [1.82, 2.24) is 0 Å². The van der Waals surface area contributed by atoms with Gasteiger partial charge in [0.25, 0.3) is 0 Å². The number of hydrogen-bond acceptors (Lipinski definition) is 5. The maximum Gasteiger partial charge on any atom is 0.0729 e. The molecule has 0 fully saturated rings. The van der Waals surface area contributed by atoms with Gasteiger partial charge in [-0.1, -0.05) is 0 Å². The van der Waals surface area contributed by atoms with Crippen LogP contribution in [0.4, 0.5) is 0 Å². The molecule has 0 aromatic carbocycles. The molecule has 0 spiro atoms. The highest BCUT2D eigenvalue weighted by atomic mass is 32.1. The van der Waals surface area contributed by atoms with Crippen molar-refractivity contribution in [1.29, 1.82) is 0 Å². The van der Waals surface area contributed by atoms with Gasteiger partial charge < -0.3 is 18.9 Å². The number of rotatable bonds is 10. The molecule has 5 heteroatoms. The molecule has 0 unspecified atom stereocenters. The molecule has 1 rings (SSSR count). The van der Waals surface area contributed by atoms with E-state index in [4.69, 9.17) is 18.9 Å². The van der Waals surface area contributed by atoms with Gasteiger partial charge in [-0.2, -0.15) is 11.3 Å². The molecule has 0 atom stereocenters. The maximum atomic E-state index is 5.49. The molecule has 0 aliphatic carbocycles. The normalized spacial score (nSPS) is 10.9. The quantitative estimate of drug-likeness (QED) is 0.604. The first kappa shape index (κ1) is 14.6. The highest BCUT2D eigenvalue weighted by Gasteiger charge is 2.04. The van der Waals surface area contributed by atoms with Gasteiger partial charge in [-0.05, 0) is 21.9 Å². The van der Waals surface area contributed by atoms with Gasteiger partial charge in [0.15, 0.2) is 0 Å². The zero-order chi connectivity index (χ0) is 12.3. The van der Waals surface area contributed by atoms with Crippen molar-refractivity contribution in [3.8, 4) is 0 Å². The molecule has 1 aromatic rings. The van der Waals surface area contributed by atoms with E-state index in [-0.39, 0.29) is 0 Å². The van der Waals surface area contributed by atoms with E-state index in [1.165, 1.54) is 11.1 Å². The Morgan fingerprint density at radius 1 is 0.824 bits per heavy atom. The first-order chi connectivity index (χ1) is 8.38. The lowest BCUT2D eigenvalue weighted by Gasteiger charge is -2.06. The topological polar surface area (TPSA) is 36.9 Å². The van der Waals surface area contributed by atoms with Crippen LogP contribution in [0.2, 0.25) is 0 Å². The molecule has 0 bridgehead atoms. The largest absolute Gasteiger partial charge is 0.382 e. The lowest BCUT2D eigenvalue weighted by Crippen LogP contribution is -2.05. The Labute approximate surface area is 106 Å². The van der Waals surface area contributed by atoms with E-state index in [1.807, 2.05) is 0 Å². The molecule has 0 radical (unpaired) electrons. The molecule has 98 valence electrons. The zero-order valence-electron chi connectivity index (χ0n) is 10.4. The highest BCUT2D eigenvalue weighted by Crippen LogP contribution is 2.17. The minimum absolute atomic E-state index is 0.621. The van der Waals surface area contributed by atoms with Crippen molar-refractivity contribution in [2.75, 3.05) is 40.6 Å². The second kappa shape index (κ2) is 9.56. The van der Waals surface area contributed by atoms with Crippen LogP contribution >= 0.6 is 11.3 Å². The van der Waals surface area contributed by atoms with Crippen LogP contribution in [0.5, 0.6) is 0 Å². The van der Waals surface area contributed by atoms with E-state index in [9.17, 15) is 0 Å². The number of ether oxygens (including phenoxy) is 4. The fraction of sp³-hybridized carbons (Fsp3) is 0.667. The van der Waals surface area contributed by atoms with Crippen molar-refractivity contribution in [2.24, 2.45) is 0 Å². The molecule has 1 aromatic heterocycles. The minimum Gasteiger partial charge on any atom is -0.382 e. The summed E-state index contributed by atoms with van der Waals surface area (Å²) in [7, 11) is 3.34. The Hall–Kier alpha value is -0.460. The first-order valence-electron chi connectivity index (χ1n) is 5.55. The molecule has 0 saturated carbocycles. The predicted molar refractivity (Wildman–Crippen MR) is 67.4 cm³/mol. The summed E-state index contributed by atoms with van der Waals surface area (Å²) in [6.07, 6.45) is 0. The van der Waals surface area contributed by atoms with E-state index in [0.717, 1.165) is 0 Å². The van der Waals surface area contributed by atoms with E-state index >= 15 is 0 Å². The first-order valence-corrected chi connectivity index (χ1v) is 6.50. The van der Waals surface area contributed by atoms with Crippen molar-refractivity contribution in [3.63, 3.8) is 0 Å². The zero-order valence-corrected chi connectivity index (χ0v) is 11.3. The number of hydrogen-bond donors (Lipinski definition) is 0. The summed E-state index contributed by atoms with van der Waals surface area (Å²) in [6, 6.07) is 0. The van der Waals surface area contributed by atoms with Gasteiger partial charge in [-0.15, -0.1) is 0 Å². The average Bonchev–Trinajstić information content (AvgIpc) is 2.78. The second-order valence-electron chi connectivity index (χ2n) is 3.51. The van der Waals surface area contributed by atoms with Crippen LogP contribution in [0.3, 0.4) is 0 Å². The molecule has 1 heterocycles. The molecular formula is C12H20O4S. The van der Waals surface area contributed by atoms with Gasteiger partial charge in [0, 0.05) is 14.2 Å². The monoisotopic (exact) mass is 260 g/mol. The van der Waals surface area contributed by atoms with Gasteiger partial charge >= 0.3 is 0 Å². The van der Waals surface area contributed by atoms with Crippen LogP contribution in [0, 0.1) is 0 Å². The number of thiophene rings is 1. The maximum absolute atomic E-state index is 5.49. The van der Waals surface area contributed by atoms with Crippen molar-refractivity contribution in [2.45, 2.75) is 13.2 Å². The lowest BCUT2D eigenvalue weighted by molar-refractivity contribution is 0.0537. The Morgan fingerprint density at radius 2 is 1.29 bits per heavy atom. The SMILES string of the molecule is COCCOCc1cscc1COCCOC. The Balaban J connectivity index is 2.22. The third kappa shape index (κ3) is 6.14. The van der Waals surface area contributed by atoms with Crippen molar-refractivity contribution < 1.29 is 18.9 Å². The summed E-state index contributed by atoms with van der Waals surface area (Å²) < 4.78 is 20.8. The smallest absolute Gasteiger partial charge is 0.0729 e. The van der Waals surface area contributed by atoms with Gasteiger partial charge in [0.2, 0.25) is 0 Å². The van der Waals surface area contributed by atoms with E-state index in [2.05, 4.69) is 10.8 Å². The van der Waals surface area contributed by atoms with E-state index in [0.29, 0.717) is 39.6 Å². The Morgan fingerprint density at radius 3 is 1.71 bits per heavy atom. The molecule has 0 N–H and O–H groups in total. The molecule has 0 aliphatic rings. The molecule has 17 heavy (non-hydrogen) atoms. The second-order valence-corrected chi connectivity index (χ2v) is 4.26. The molecule has 4 nitrogen and oxygen atoms in total. The lowest BCUT2D eigenvalue weighted by atomic mass is 10.2. The summed E-state index contributed by atoms with van der Waals surface area (Å²) in [6.45, 7) is 3.74. The third-order valence-electron chi connectivity index (χ3n) is 2.21. The summed E-state index contributed by atoms with van der Waals surface area (Å²) in [5.41, 5.74) is 2.40. The summed E-state index contributed by atoms with van der Waals surface area (Å²) >= 11 is 1.67. The average molecular weight is 260 g/mol. The summed E-state index contributed by atoms with van der Waals surface area (Å²) in [4.78, 5) is 0. The third-order valence-corrected chi connectivity index (χ3v) is 3.05. The van der Waals surface area contributed by atoms with Crippen LogP contribution in [0.25, 0.3) is 0 Å². The standard InChI is InChI=1S/C12H20O4S/c1-13-3-5-15-7-11-9-17-10-12(11)8-16-6-4-14-2/h9-10H,3-8H2,1-2H3. The number of methoxy groups -OCH3 is 2. The predicted octanol–water partition coefficient (Wildman–Crippen LogP) is 2.07. The fourth-order valence-electron chi connectivity index (χ4n) is 1.25. The van der Waals surface area contributed by atoms with E-state index in [1.54, 1.807) is 25.6 Å². The molecule has 0 saturated heterocycles. The molecule has 0 aliphatic heterocycles. The van der Waals surface area contributed by atoms with Crippen LogP contribution < -0.4 is 0 Å². The minimum atomic E-state index is 0.621. The Kier molecular flexibility index (Phi) is 8.21. The van der Waals surface area contributed by atoms with Gasteiger partial charge in [-0.25, -0.2) is 0 Å². The van der Waals surface area contributed by atoms with Crippen LogP contribution in [-0.4, -0.2) is 40.6 Å². The van der Waals surface area contributed by atoms with Crippen LogP contribution in [0.1, 0.15) is 11.1 Å². The summed E-state index contributed by atoms with van der Waals surface area (Å²) in [5.74, 6) is 0. The van der Waals surface area contributed by atoms with Crippen molar-refractivity contribution >= 4 is 11.3 Å². The molecular weight excluding hydrogens is 240 g/mol. The van der Waals surface area contributed by atoms with Crippen LogP contribution in [0.15, 0.2) is 10.8 Å². The summed E-state index contributed by atoms with van der Waals surface area (Å²) in [5, 5.41) is 4.20. The Bertz CT molecular complexity index is 261. The van der Waals surface area contributed by atoms with Crippen molar-refractivity contribution in [3.05, 3.63) is 21.9 Å². The highest BCUT2D eigenvalue weighted by molar-refractivity contribution is 7.08. The van der Waals surface area contributed by atoms with Crippen LogP contribution in [-0.2, 0) is 32.2 Å². The van der Waals surface area contributed by atoms with Gasteiger partial charge in [0.1, 0.15) is 0 Å².